The number of ether oxygens (including phenoxy) is 1. The Bertz CT molecular complexity index is 981. The molecular formula is C26H28N2O2. The first-order valence-corrected chi connectivity index (χ1v) is 10.6. The summed E-state index contributed by atoms with van der Waals surface area (Å²) in [6.07, 6.45) is 2.40. The lowest BCUT2D eigenvalue weighted by Crippen LogP contribution is -2.37. The predicted molar refractivity (Wildman–Crippen MR) is 121 cm³/mol. The van der Waals surface area contributed by atoms with Crippen molar-refractivity contribution >= 4 is 5.91 Å². The number of nitrogens with zero attached hydrogens (tertiary/aromatic N) is 1. The van der Waals surface area contributed by atoms with Gasteiger partial charge in [-0.25, -0.2) is 0 Å². The minimum Gasteiger partial charge on any atom is -0.497 e. The van der Waals surface area contributed by atoms with E-state index >= 15 is 0 Å². The summed E-state index contributed by atoms with van der Waals surface area (Å²) in [5, 5.41) is 3.20. The first-order chi connectivity index (χ1) is 14.8. The van der Waals surface area contributed by atoms with E-state index in [1.807, 2.05) is 66.7 Å². The molecule has 1 heterocycles. The molecule has 4 nitrogen and oxygen atoms in total. The number of hydrogen-bond donors (Lipinski definition) is 1. The lowest BCUT2D eigenvalue weighted by atomic mass is 9.99. The second kappa shape index (κ2) is 9.59. The zero-order valence-corrected chi connectivity index (χ0v) is 17.4. The minimum atomic E-state index is -0.0402. The van der Waals surface area contributed by atoms with E-state index in [0.29, 0.717) is 12.1 Å². The van der Waals surface area contributed by atoms with Gasteiger partial charge in [0.1, 0.15) is 5.75 Å². The molecule has 1 atom stereocenters. The first kappa shape index (κ1) is 20.2. The van der Waals surface area contributed by atoms with E-state index in [1.165, 1.54) is 18.4 Å². The van der Waals surface area contributed by atoms with Crippen molar-refractivity contribution in [2.45, 2.75) is 18.9 Å². The highest BCUT2D eigenvalue weighted by molar-refractivity contribution is 6.00. The Labute approximate surface area is 178 Å². The van der Waals surface area contributed by atoms with Gasteiger partial charge in [-0.15, -0.1) is 0 Å². The van der Waals surface area contributed by atoms with Crippen molar-refractivity contribution in [2.75, 3.05) is 26.7 Å². The standard InChI is InChI=1S/C26H28N2O2/c1-30-22-13-9-12-21(18-22)25(28-16-7-8-17-28)19-27-26(29)24-15-6-5-14-23(24)20-10-3-2-4-11-20/h2-6,9-15,18,25H,7-8,16-17,19H2,1H3,(H,27,29). The number of carbonyl (C=O) groups is 1. The molecule has 1 unspecified atom stereocenters. The lowest BCUT2D eigenvalue weighted by molar-refractivity contribution is 0.0938. The molecule has 0 radical (unpaired) electrons. The van der Waals surface area contributed by atoms with Crippen LogP contribution in [-0.2, 0) is 0 Å². The van der Waals surface area contributed by atoms with Crippen LogP contribution in [0, 0.1) is 0 Å². The van der Waals surface area contributed by atoms with Crippen molar-refractivity contribution < 1.29 is 9.53 Å². The van der Waals surface area contributed by atoms with E-state index < -0.39 is 0 Å². The Morgan fingerprint density at radius 1 is 0.967 bits per heavy atom. The van der Waals surface area contributed by atoms with Crippen LogP contribution < -0.4 is 10.1 Å². The number of hydrogen-bond acceptors (Lipinski definition) is 3. The van der Waals surface area contributed by atoms with E-state index in [0.717, 1.165) is 30.0 Å². The highest BCUT2D eigenvalue weighted by Gasteiger charge is 2.25. The summed E-state index contributed by atoms with van der Waals surface area (Å²) in [6, 6.07) is 26.2. The molecule has 1 aliphatic heterocycles. The molecule has 0 aromatic heterocycles. The van der Waals surface area contributed by atoms with E-state index in [4.69, 9.17) is 4.74 Å². The fourth-order valence-electron chi connectivity index (χ4n) is 4.19. The average Bonchev–Trinajstić information content (AvgIpc) is 3.34. The topological polar surface area (TPSA) is 41.6 Å². The Hall–Kier alpha value is -3.11. The highest BCUT2D eigenvalue weighted by Crippen LogP contribution is 2.28. The number of amides is 1. The van der Waals surface area contributed by atoms with Gasteiger partial charge < -0.3 is 10.1 Å². The number of rotatable bonds is 7. The van der Waals surface area contributed by atoms with Gasteiger partial charge >= 0.3 is 0 Å². The molecule has 3 aromatic carbocycles. The maximum atomic E-state index is 13.2. The normalized spacial score (nSPS) is 15.0. The Morgan fingerprint density at radius 2 is 1.70 bits per heavy atom. The summed E-state index contributed by atoms with van der Waals surface area (Å²) in [5.74, 6) is 0.805. The molecular weight excluding hydrogens is 372 g/mol. The molecule has 0 aliphatic carbocycles. The van der Waals surface area contributed by atoms with Crippen LogP contribution in [0.1, 0.15) is 34.8 Å². The largest absolute Gasteiger partial charge is 0.497 e. The molecule has 0 spiro atoms. The molecule has 1 saturated heterocycles. The second-order valence-electron chi connectivity index (χ2n) is 7.66. The van der Waals surface area contributed by atoms with Crippen LogP contribution in [0.4, 0.5) is 0 Å². The number of nitrogens with one attached hydrogen (secondary N) is 1. The molecule has 0 bridgehead atoms. The van der Waals surface area contributed by atoms with Gasteiger partial charge in [-0.1, -0.05) is 60.7 Å². The second-order valence-corrected chi connectivity index (χ2v) is 7.66. The maximum Gasteiger partial charge on any atom is 0.251 e. The quantitative estimate of drug-likeness (QED) is 0.611. The van der Waals surface area contributed by atoms with Gasteiger partial charge in [0.25, 0.3) is 5.91 Å². The van der Waals surface area contributed by atoms with Crippen molar-refractivity contribution in [1.29, 1.82) is 0 Å². The van der Waals surface area contributed by atoms with Crippen LogP contribution in [0.5, 0.6) is 5.75 Å². The van der Waals surface area contributed by atoms with Crippen molar-refractivity contribution in [3.63, 3.8) is 0 Å². The molecule has 1 aliphatic rings. The van der Waals surface area contributed by atoms with Gasteiger partial charge in [0.2, 0.25) is 0 Å². The summed E-state index contributed by atoms with van der Waals surface area (Å²) in [4.78, 5) is 15.6. The maximum absolute atomic E-state index is 13.2. The third-order valence-electron chi connectivity index (χ3n) is 5.77. The van der Waals surface area contributed by atoms with Crippen molar-refractivity contribution in [3.05, 3.63) is 90.0 Å². The van der Waals surface area contributed by atoms with Gasteiger partial charge in [-0.2, -0.15) is 0 Å². The molecule has 3 aromatic rings. The molecule has 4 rings (SSSR count). The molecule has 1 N–H and O–H groups in total. The van der Waals surface area contributed by atoms with E-state index in [-0.39, 0.29) is 11.9 Å². The molecule has 30 heavy (non-hydrogen) atoms. The zero-order valence-electron chi connectivity index (χ0n) is 17.4. The average molecular weight is 401 g/mol. The highest BCUT2D eigenvalue weighted by atomic mass is 16.5. The lowest BCUT2D eigenvalue weighted by Gasteiger charge is -2.28. The Morgan fingerprint density at radius 3 is 2.47 bits per heavy atom. The SMILES string of the molecule is COc1cccc(C(CNC(=O)c2ccccc2-c2ccccc2)N2CCCC2)c1. The molecule has 154 valence electrons. The number of likely N-dealkylation sites (tertiary alicyclic amines) is 1. The number of methoxy groups -OCH3 is 1. The molecule has 0 saturated carbocycles. The van der Waals surface area contributed by atoms with Crippen LogP contribution in [-0.4, -0.2) is 37.6 Å². The van der Waals surface area contributed by atoms with Gasteiger partial charge in [0.05, 0.1) is 13.2 Å². The fraction of sp³-hybridized carbons (Fsp3) is 0.269. The minimum absolute atomic E-state index is 0.0402. The van der Waals surface area contributed by atoms with Crippen molar-refractivity contribution in [1.82, 2.24) is 10.2 Å². The third kappa shape index (κ3) is 4.55. The Balaban J connectivity index is 1.55. The summed E-state index contributed by atoms with van der Waals surface area (Å²) in [5.41, 5.74) is 3.88. The third-order valence-corrected chi connectivity index (χ3v) is 5.77. The van der Waals surface area contributed by atoms with Crippen LogP contribution in [0.25, 0.3) is 11.1 Å². The van der Waals surface area contributed by atoms with E-state index in [9.17, 15) is 4.79 Å². The van der Waals surface area contributed by atoms with Crippen LogP contribution in [0.3, 0.4) is 0 Å². The van der Waals surface area contributed by atoms with Gasteiger partial charge in [-0.05, 0) is 60.8 Å². The molecule has 1 amide bonds. The van der Waals surface area contributed by atoms with E-state index in [1.54, 1.807) is 7.11 Å². The van der Waals surface area contributed by atoms with Crippen LogP contribution >= 0.6 is 0 Å². The first-order valence-electron chi connectivity index (χ1n) is 10.6. The molecule has 4 heteroatoms. The fourth-order valence-corrected chi connectivity index (χ4v) is 4.19. The Kier molecular flexibility index (Phi) is 6.45. The van der Waals surface area contributed by atoms with Gasteiger partial charge in [0.15, 0.2) is 0 Å². The number of carbonyl (C=O) groups excluding carboxylic acids is 1. The van der Waals surface area contributed by atoms with E-state index in [2.05, 4.69) is 22.3 Å². The zero-order chi connectivity index (χ0) is 20.8. The summed E-state index contributed by atoms with van der Waals surface area (Å²) in [6.45, 7) is 2.67. The number of benzene rings is 3. The predicted octanol–water partition coefficient (Wildman–Crippen LogP) is 4.93. The summed E-state index contributed by atoms with van der Waals surface area (Å²) >= 11 is 0. The summed E-state index contributed by atoms with van der Waals surface area (Å²) in [7, 11) is 1.69. The van der Waals surface area contributed by atoms with Crippen LogP contribution in [0.2, 0.25) is 0 Å². The van der Waals surface area contributed by atoms with Crippen LogP contribution in [0.15, 0.2) is 78.9 Å². The van der Waals surface area contributed by atoms with Gasteiger partial charge in [0, 0.05) is 12.1 Å². The van der Waals surface area contributed by atoms with Gasteiger partial charge in [-0.3, -0.25) is 9.69 Å². The summed E-state index contributed by atoms with van der Waals surface area (Å²) < 4.78 is 5.42. The van der Waals surface area contributed by atoms with Crippen molar-refractivity contribution in [3.8, 4) is 16.9 Å². The van der Waals surface area contributed by atoms with Crippen molar-refractivity contribution in [2.24, 2.45) is 0 Å². The monoisotopic (exact) mass is 400 g/mol. The molecule has 1 fully saturated rings. The smallest absolute Gasteiger partial charge is 0.251 e.